The number of halogens is 3. The molecule has 1 N–H and O–H groups in total. The van der Waals surface area contributed by atoms with E-state index in [0.717, 1.165) is 16.8 Å². The van der Waals surface area contributed by atoms with E-state index in [-0.39, 0.29) is 0 Å². The third kappa shape index (κ3) is 5.05. The molecular formula is C20H16Cl3NO. The van der Waals surface area contributed by atoms with Gasteiger partial charge < -0.3 is 10.1 Å². The maximum atomic E-state index is 6.33. The predicted molar refractivity (Wildman–Crippen MR) is 106 cm³/mol. The molecule has 0 saturated carbocycles. The summed E-state index contributed by atoms with van der Waals surface area (Å²) in [4.78, 5) is 0. The van der Waals surface area contributed by atoms with Crippen molar-refractivity contribution in [1.82, 2.24) is 0 Å². The number of hydrogen-bond acceptors (Lipinski definition) is 2. The Balaban J connectivity index is 1.60. The lowest BCUT2D eigenvalue weighted by Crippen LogP contribution is -2.01. The second-order valence-electron chi connectivity index (χ2n) is 5.51. The molecule has 25 heavy (non-hydrogen) atoms. The van der Waals surface area contributed by atoms with E-state index < -0.39 is 0 Å². The van der Waals surface area contributed by atoms with E-state index in [9.17, 15) is 0 Å². The number of rotatable bonds is 6. The quantitative estimate of drug-likeness (QED) is 0.496. The molecular weight excluding hydrogens is 377 g/mol. The molecule has 3 rings (SSSR count). The monoisotopic (exact) mass is 391 g/mol. The van der Waals surface area contributed by atoms with Gasteiger partial charge in [0.1, 0.15) is 12.4 Å². The van der Waals surface area contributed by atoms with Crippen LogP contribution in [0.4, 0.5) is 5.69 Å². The highest BCUT2D eigenvalue weighted by molar-refractivity contribution is 6.33. The van der Waals surface area contributed by atoms with Gasteiger partial charge in [0.15, 0.2) is 0 Å². The van der Waals surface area contributed by atoms with Crippen molar-refractivity contribution in [1.29, 1.82) is 0 Å². The smallest absolute Gasteiger partial charge is 0.138 e. The summed E-state index contributed by atoms with van der Waals surface area (Å²) in [6, 6.07) is 20.9. The largest absolute Gasteiger partial charge is 0.487 e. The third-order valence-electron chi connectivity index (χ3n) is 3.66. The van der Waals surface area contributed by atoms with E-state index in [1.807, 2.05) is 66.7 Å². The van der Waals surface area contributed by atoms with Gasteiger partial charge in [-0.05, 0) is 47.5 Å². The molecule has 0 aromatic heterocycles. The fraction of sp³-hybridized carbons (Fsp3) is 0.100. The van der Waals surface area contributed by atoms with Crippen LogP contribution >= 0.6 is 34.8 Å². The molecule has 0 heterocycles. The van der Waals surface area contributed by atoms with Crippen molar-refractivity contribution in [3.63, 3.8) is 0 Å². The van der Waals surface area contributed by atoms with Gasteiger partial charge in [-0.15, -0.1) is 0 Å². The minimum Gasteiger partial charge on any atom is -0.487 e. The summed E-state index contributed by atoms with van der Waals surface area (Å²) in [5, 5.41) is 5.27. The first kappa shape index (κ1) is 17.9. The number of anilines is 1. The van der Waals surface area contributed by atoms with Crippen molar-refractivity contribution in [2.24, 2.45) is 0 Å². The van der Waals surface area contributed by atoms with E-state index in [0.29, 0.717) is 34.0 Å². The zero-order valence-corrected chi connectivity index (χ0v) is 15.6. The molecule has 0 unspecified atom stereocenters. The average molecular weight is 393 g/mol. The van der Waals surface area contributed by atoms with E-state index >= 15 is 0 Å². The summed E-state index contributed by atoms with van der Waals surface area (Å²) in [5.41, 5.74) is 2.97. The number of nitrogens with one attached hydrogen (secondary N) is 1. The van der Waals surface area contributed by atoms with Crippen molar-refractivity contribution in [3.8, 4) is 5.75 Å². The van der Waals surface area contributed by atoms with Crippen LogP contribution < -0.4 is 10.1 Å². The molecule has 0 amide bonds. The summed E-state index contributed by atoms with van der Waals surface area (Å²) < 4.78 is 5.78. The Kier molecular flexibility index (Phi) is 6.09. The number of benzene rings is 3. The molecule has 3 aromatic carbocycles. The van der Waals surface area contributed by atoms with Crippen LogP contribution in [0.3, 0.4) is 0 Å². The fourth-order valence-corrected chi connectivity index (χ4v) is 2.90. The van der Waals surface area contributed by atoms with Crippen LogP contribution in [0.5, 0.6) is 5.75 Å². The standard InChI is InChI=1S/C20H16Cl3NO/c21-16-8-5-14(6-9-16)13-25-20-10-7-15(11-18(20)23)12-24-19-4-2-1-3-17(19)22/h1-11,24H,12-13H2. The number of para-hydroxylation sites is 1. The van der Waals surface area contributed by atoms with Crippen molar-refractivity contribution >= 4 is 40.5 Å². The molecule has 0 aliphatic carbocycles. The lowest BCUT2D eigenvalue weighted by molar-refractivity contribution is 0.306. The van der Waals surface area contributed by atoms with E-state index in [2.05, 4.69) is 5.32 Å². The minimum atomic E-state index is 0.439. The van der Waals surface area contributed by atoms with Crippen molar-refractivity contribution in [2.75, 3.05) is 5.32 Å². The lowest BCUT2D eigenvalue weighted by Gasteiger charge is -2.11. The molecule has 2 nitrogen and oxygen atoms in total. The predicted octanol–water partition coefficient (Wildman–Crippen LogP) is 6.84. The SMILES string of the molecule is Clc1ccc(COc2ccc(CNc3ccccc3Cl)cc2Cl)cc1. The maximum absolute atomic E-state index is 6.33. The van der Waals surface area contributed by atoms with Gasteiger partial charge in [-0.3, -0.25) is 0 Å². The Labute approximate surface area is 162 Å². The van der Waals surface area contributed by atoms with E-state index in [1.54, 1.807) is 0 Å². The zero-order valence-electron chi connectivity index (χ0n) is 13.3. The summed E-state index contributed by atoms with van der Waals surface area (Å²) in [7, 11) is 0. The number of hydrogen-bond donors (Lipinski definition) is 1. The number of ether oxygens (including phenoxy) is 1. The van der Waals surface area contributed by atoms with Gasteiger partial charge >= 0.3 is 0 Å². The van der Waals surface area contributed by atoms with E-state index in [1.165, 1.54) is 0 Å². The molecule has 128 valence electrons. The summed E-state index contributed by atoms with van der Waals surface area (Å²) in [6.07, 6.45) is 0. The highest BCUT2D eigenvalue weighted by Gasteiger charge is 2.05. The van der Waals surface area contributed by atoms with Crippen LogP contribution in [-0.2, 0) is 13.2 Å². The molecule has 0 spiro atoms. The van der Waals surface area contributed by atoms with E-state index in [4.69, 9.17) is 39.5 Å². The molecule has 0 saturated heterocycles. The van der Waals surface area contributed by atoms with Crippen molar-refractivity contribution in [2.45, 2.75) is 13.2 Å². The van der Waals surface area contributed by atoms with Gasteiger partial charge in [0, 0.05) is 11.6 Å². The van der Waals surface area contributed by atoms with Gasteiger partial charge in [0.25, 0.3) is 0 Å². The second-order valence-corrected chi connectivity index (χ2v) is 6.76. The molecule has 0 radical (unpaired) electrons. The zero-order chi connectivity index (χ0) is 17.6. The average Bonchev–Trinajstić information content (AvgIpc) is 2.62. The van der Waals surface area contributed by atoms with Crippen LogP contribution in [0.2, 0.25) is 15.1 Å². The Morgan fingerprint density at radius 1 is 0.760 bits per heavy atom. The summed E-state index contributed by atoms with van der Waals surface area (Å²) in [6.45, 7) is 1.06. The van der Waals surface area contributed by atoms with Crippen molar-refractivity contribution in [3.05, 3.63) is 92.9 Å². The summed E-state index contributed by atoms with van der Waals surface area (Å²) >= 11 is 18.4. The topological polar surface area (TPSA) is 21.3 Å². The maximum Gasteiger partial charge on any atom is 0.138 e. The van der Waals surface area contributed by atoms with Gasteiger partial charge in [-0.2, -0.15) is 0 Å². The second kappa shape index (κ2) is 8.48. The first-order valence-electron chi connectivity index (χ1n) is 7.76. The van der Waals surface area contributed by atoms with Gasteiger partial charge in [0.05, 0.1) is 15.7 Å². The Morgan fingerprint density at radius 3 is 2.20 bits per heavy atom. The van der Waals surface area contributed by atoms with Crippen LogP contribution in [-0.4, -0.2) is 0 Å². The lowest BCUT2D eigenvalue weighted by atomic mass is 10.2. The molecule has 0 fully saturated rings. The first-order valence-corrected chi connectivity index (χ1v) is 8.89. The highest BCUT2D eigenvalue weighted by atomic mass is 35.5. The molecule has 0 aliphatic heterocycles. The molecule has 0 atom stereocenters. The summed E-state index contributed by atoms with van der Waals surface area (Å²) in [5.74, 6) is 0.651. The van der Waals surface area contributed by atoms with Gasteiger partial charge in [-0.25, -0.2) is 0 Å². The normalized spacial score (nSPS) is 10.5. The van der Waals surface area contributed by atoms with Gasteiger partial charge in [0.2, 0.25) is 0 Å². The highest BCUT2D eigenvalue weighted by Crippen LogP contribution is 2.27. The van der Waals surface area contributed by atoms with Crippen LogP contribution in [0.1, 0.15) is 11.1 Å². The van der Waals surface area contributed by atoms with Crippen LogP contribution in [0, 0.1) is 0 Å². The fourth-order valence-electron chi connectivity index (χ4n) is 2.31. The minimum absolute atomic E-state index is 0.439. The van der Waals surface area contributed by atoms with Crippen LogP contribution in [0.25, 0.3) is 0 Å². The van der Waals surface area contributed by atoms with Gasteiger partial charge in [-0.1, -0.05) is 65.1 Å². The Hall–Kier alpha value is -1.87. The molecule has 0 aliphatic rings. The molecule has 0 bridgehead atoms. The first-order chi connectivity index (χ1) is 12.1. The Bertz CT molecular complexity index is 850. The molecule has 3 aromatic rings. The van der Waals surface area contributed by atoms with Crippen LogP contribution in [0.15, 0.2) is 66.7 Å². The third-order valence-corrected chi connectivity index (χ3v) is 4.54. The molecule has 5 heteroatoms. The Morgan fingerprint density at radius 2 is 1.48 bits per heavy atom. The van der Waals surface area contributed by atoms with Crippen molar-refractivity contribution < 1.29 is 4.74 Å².